The van der Waals surface area contributed by atoms with Crippen molar-refractivity contribution in [1.82, 2.24) is 0 Å². The van der Waals surface area contributed by atoms with Crippen LogP contribution in [0.4, 0.5) is 0 Å². The molecule has 1 heterocycles. The smallest absolute Gasteiger partial charge is 0.192 e. The molecule has 0 saturated carbocycles. The van der Waals surface area contributed by atoms with Crippen LogP contribution in [0.15, 0.2) is 73.3 Å². The number of rotatable bonds is 9. The Hall–Kier alpha value is -2.02. The second-order valence-electron chi connectivity index (χ2n) is 6.55. The first-order valence-electron chi connectivity index (χ1n) is 8.99. The molecule has 1 aliphatic rings. The molecule has 5 heteroatoms. The SMILES string of the molecule is C=C[C@]1(O)[C@@H](OC)O[C@H](COCc2ccccc2)[C@H]1OCc1ccccc1. The van der Waals surface area contributed by atoms with Gasteiger partial charge in [0.2, 0.25) is 0 Å². The Balaban J connectivity index is 1.66. The van der Waals surface area contributed by atoms with E-state index in [1.165, 1.54) is 13.2 Å². The molecular formula is C22H26O5. The van der Waals surface area contributed by atoms with Crippen LogP contribution in [0, 0.1) is 0 Å². The lowest BCUT2D eigenvalue weighted by Gasteiger charge is -2.30. The van der Waals surface area contributed by atoms with Gasteiger partial charge in [0.1, 0.15) is 12.2 Å². The largest absolute Gasteiger partial charge is 0.378 e. The van der Waals surface area contributed by atoms with Crippen LogP contribution in [0.5, 0.6) is 0 Å². The summed E-state index contributed by atoms with van der Waals surface area (Å²) in [6.45, 7) is 4.82. The van der Waals surface area contributed by atoms with E-state index in [0.717, 1.165) is 11.1 Å². The maximum atomic E-state index is 11.0. The van der Waals surface area contributed by atoms with Crippen molar-refractivity contribution in [3.05, 3.63) is 84.4 Å². The minimum atomic E-state index is -1.45. The zero-order valence-corrected chi connectivity index (χ0v) is 15.5. The molecule has 0 amide bonds. The number of hydrogen-bond donors (Lipinski definition) is 1. The van der Waals surface area contributed by atoms with Crippen molar-refractivity contribution in [2.24, 2.45) is 0 Å². The Labute approximate surface area is 160 Å². The summed E-state index contributed by atoms with van der Waals surface area (Å²) >= 11 is 0. The third kappa shape index (κ3) is 4.64. The van der Waals surface area contributed by atoms with Gasteiger partial charge in [-0.05, 0) is 11.1 Å². The minimum absolute atomic E-state index is 0.268. The summed E-state index contributed by atoms with van der Waals surface area (Å²) < 4.78 is 23.0. The van der Waals surface area contributed by atoms with Gasteiger partial charge in [0.15, 0.2) is 11.9 Å². The highest BCUT2D eigenvalue weighted by atomic mass is 16.7. The summed E-state index contributed by atoms with van der Waals surface area (Å²) in [7, 11) is 1.49. The maximum Gasteiger partial charge on any atom is 0.192 e. The number of ether oxygens (including phenoxy) is 4. The molecule has 0 unspecified atom stereocenters. The number of hydrogen-bond acceptors (Lipinski definition) is 5. The zero-order valence-electron chi connectivity index (χ0n) is 15.5. The third-order valence-corrected chi connectivity index (χ3v) is 4.68. The molecule has 1 aliphatic heterocycles. The fourth-order valence-electron chi connectivity index (χ4n) is 3.22. The van der Waals surface area contributed by atoms with E-state index < -0.39 is 24.1 Å². The molecular weight excluding hydrogens is 344 g/mol. The van der Waals surface area contributed by atoms with Gasteiger partial charge in [-0.15, -0.1) is 0 Å². The van der Waals surface area contributed by atoms with Crippen LogP contribution in [-0.2, 0) is 32.2 Å². The van der Waals surface area contributed by atoms with Crippen molar-refractivity contribution in [2.45, 2.75) is 37.3 Å². The second-order valence-corrected chi connectivity index (χ2v) is 6.55. The van der Waals surface area contributed by atoms with Gasteiger partial charge in [0.05, 0.1) is 19.8 Å². The quantitative estimate of drug-likeness (QED) is 0.688. The van der Waals surface area contributed by atoms with Gasteiger partial charge < -0.3 is 24.1 Å². The molecule has 1 saturated heterocycles. The molecule has 0 aliphatic carbocycles. The number of benzene rings is 2. The van der Waals surface area contributed by atoms with E-state index >= 15 is 0 Å². The molecule has 0 radical (unpaired) electrons. The molecule has 1 N–H and O–H groups in total. The molecule has 0 bridgehead atoms. The average Bonchev–Trinajstić information content (AvgIpc) is 2.99. The highest BCUT2D eigenvalue weighted by Crippen LogP contribution is 2.35. The summed E-state index contributed by atoms with van der Waals surface area (Å²) in [6.07, 6.45) is -0.573. The van der Waals surface area contributed by atoms with Crippen molar-refractivity contribution in [3.8, 4) is 0 Å². The zero-order chi connectivity index (χ0) is 19.1. The van der Waals surface area contributed by atoms with Crippen molar-refractivity contribution in [2.75, 3.05) is 13.7 Å². The summed E-state index contributed by atoms with van der Waals surface area (Å²) in [6, 6.07) is 19.7. The Morgan fingerprint density at radius 2 is 1.63 bits per heavy atom. The van der Waals surface area contributed by atoms with Crippen LogP contribution < -0.4 is 0 Å². The van der Waals surface area contributed by atoms with E-state index in [0.29, 0.717) is 13.2 Å². The lowest BCUT2D eigenvalue weighted by atomic mass is 9.95. The summed E-state index contributed by atoms with van der Waals surface area (Å²) in [5.41, 5.74) is 0.623. The lowest BCUT2D eigenvalue weighted by molar-refractivity contribution is -0.179. The number of methoxy groups -OCH3 is 1. The van der Waals surface area contributed by atoms with Crippen LogP contribution in [0.3, 0.4) is 0 Å². The second kappa shape index (κ2) is 9.26. The Kier molecular flexibility index (Phi) is 6.77. The lowest BCUT2D eigenvalue weighted by Crippen LogP contribution is -2.49. The van der Waals surface area contributed by atoms with Gasteiger partial charge in [-0.3, -0.25) is 0 Å². The van der Waals surface area contributed by atoms with E-state index in [-0.39, 0.29) is 6.61 Å². The first-order chi connectivity index (χ1) is 13.2. The third-order valence-electron chi connectivity index (χ3n) is 4.68. The number of aliphatic hydroxyl groups is 1. The predicted molar refractivity (Wildman–Crippen MR) is 102 cm³/mol. The van der Waals surface area contributed by atoms with E-state index in [2.05, 4.69) is 6.58 Å². The van der Waals surface area contributed by atoms with E-state index in [1.54, 1.807) is 0 Å². The van der Waals surface area contributed by atoms with Crippen molar-refractivity contribution in [3.63, 3.8) is 0 Å². The normalized spacial score (nSPS) is 27.6. The molecule has 4 atom stereocenters. The van der Waals surface area contributed by atoms with E-state index in [4.69, 9.17) is 18.9 Å². The first-order valence-corrected chi connectivity index (χ1v) is 8.99. The van der Waals surface area contributed by atoms with Gasteiger partial charge in [0.25, 0.3) is 0 Å². The molecule has 27 heavy (non-hydrogen) atoms. The molecule has 2 aromatic carbocycles. The van der Waals surface area contributed by atoms with Crippen molar-refractivity contribution >= 4 is 0 Å². The maximum absolute atomic E-state index is 11.0. The molecule has 2 aromatic rings. The monoisotopic (exact) mass is 370 g/mol. The fourth-order valence-corrected chi connectivity index (χ4v) is 3.22. The molecule has 0 aromatic heterocycles. The van der Waals surface area contributed by atoms with Crippen LogP contribution in [0.25, 0.3) is 0 Å². The molecule has 5 nitrogen and oxygen atoms in total. The van der Waals surface area contributed by atoms with Gasteiger partial charge in [-0.2, -0.15) is 0 Å². The van der Waals surface area contributed by atoms with E-state index in [9.17, 15) is 5.11 Å². The minimum Gasteiger partial charge on any atom is -0.378 e. The van der Waals surface area contributed by atoms with E-state index in [1.807, 2.05) is 60.7 Å². The van der Waals surface area contributed by atoms with Crippen LogP contribution >= 0.6 is 0 Å². The first kappa shape index (κ1) is 19.7. The predicted octanol–water partition coefficient (Wildman–Crippen LogP) is 3.08. The standard InChI is InChI=1S/C22H26O5/c1-3-22(23)20(26-15-18-12-8-5-9-13-18)19(27-21(22)24-2)16-25-14-17-10-6-4-7-11-17/h3-13,19-21,23H,1,14-16H2,2H3/t19-,20-,21+,22-/m1/s1. The Bertz CT molecular complexity index is 705. The average molecular weight is 370 g/mol. The topological polar surface area (TPSA) is 57.2 Å². The van der Waals surface area contributed by atoms with Gasteiger partial charge in [0, 0.05) is 7.11 Å². The van der Waals surface area contributed by atoms with Crippen LogP contribution in [0.2, 0.25) is 0 Å². The van der Waals surface area contributed by atoms with Gasteiger partial charge in [-0.1, -0.05) is 73.3 Å². The summed E-state index contributed by atoms with van der Waals surface area (Å²) in [4.78, 5) is 0. The van der Waals surface area contributed by atoms with Gasteiger partial charge >= 0.3 is 0 Å². The molecule has 1 fully saturated rings. The molecule has 144 valence electrons. The van der Waals surface area contributed by atoms with Crippen LogP contribution in [-0.4, -0.2) is 42.9 Å². The highest BCUT2D eigenvalue weighted by molar-refractivity contribution is 5.16. The summed E-state index contributed by atoms with van der Waals surface area (Å²) in [5.74, 6) is 0. The molecule has 0 spiro atoms. The highest BCUT2D eigenvalue weighted by Gasteiger charge is 2.55. The summed E-state index contributed by atoms with van der Waals surface area (Å²) in [5, 5.41) is 11.0. The Morgan fingerprint density at radius 3 is 2.19 bits per heavy atom. The van der Waals surface area contributed by atoms with Crippen molar-refractivity contribution < 1.29 is 24.1 Å². The van der Waals surface area contributed by atoms with Crippen molar-refractivity contribution in [1.29, 1.82) is 0 Å². The molecule has 3 rings (SSSR count). The van der Waals surface area contributed by atoms with Gasteiger partial charge in [-0.25, -0.2) is 0 Å². The fraction of sp³-hybridized carbons (Fsp3) is 0.364. The Morgan fingerprint density at radius 1 is 1.04 bits per heavy atom. The van der Waals surface area contributed by atoms with Crippen LogP contribution in [0.1, 0.15) is 11.1 Å².